The number of halogens is 1. The van der Waals surface area contributed by atoms with Gasteiger partial charge in [-0.1, -0.05) is 28.9 Å². The summed E-state index contributed by atoms with van der Waals surface area (Å²) < 4.78 is 1.02. The minimum Gasteiger partial charge on any atom is -0.370 e. The molecule has 0 fully saturated rings. The average molecular weight is 239 g/mol. The minimum absolute atomic E-state index is 0.103. The minimum atomic E-state index is -0.103. The van der Waals surface area contributed by atoms with E-state index in [4.69, 9.17) is 5.26 Å². The van der Waals surface area contributed by atoms with Crippen molar-refractivity contribution >= 4 is 21.6 Å². The standard InChI is InChI=1S/C10H11BrN2/c1-2-9(7-12)13-10-5-3-4-8(11)6-10/h3-6,9,13H,2H2,1H3. The van der Waals surface area contributed by atoms with Crippen molar-refractivity contribution < 1.29 is 0 Å². The Balaban J connectivity index is 2.69. The zero-order valence-corrected chi connectivity index (χ0v) is 9.01. The summed E-state index contributed by atoms with van der Waals surface area (Å²) >= 11 is 3.37. The number of nitrogens with one attached hydrogen (secondary N) is 1. The monoisotopic (exact) mass is 238 g/mol. The fraction of sp³-hybridized carbons (Fsp3) is 0.300. The highest BCUT2D eigenvalue weighted by Crippen LogP contribution is 2.16. The lowest BCUT2D eigenvalue weighted by atomic mass is 10.2. The lowest BCUT2D eigenvalue weighted by Crippen LogP contribution is -2.15. The van der Waals surface area contributed by atoms with Crippen LogP contribution in [-0.4, -0.2) is 6.04 Å². The Bertz CT molecular complexity index is 317. The van der Waals surface area contributed by atoms with E-state index in [0.717, 1.165) is 16.6 Å². The lowest BCUT2D eigenvalue weighted by Gasteiger charge is -2.10. The number of hydrogen-bond acceptors (Lipinski definition) is 2. The van der Waals surface area contributed by atoms with Gasteiger partial charge < -0.3 is 5.32 Å². The van der Waals surface area contributed by atoms with Crippen molar-refractivity contribution in [2.24, 2.45) is 0 Å². The van der Waals surface area contributed by atoms with E-state index < -0.39 is 0 Å². The van der Waals surface area contributed by atoms with Crippen LogP contribution in [0.25, 0.3) is 0 Å². The Kier molecular flexibility index (Phi) is 3.78. The molecular formula is C10H11BrN2. The number of nitrogens with zero attached hydrogens (tertiary/aromatic N) is 1. The highest BCUT2D eigenvalue weighted by Gasteiger charge is 2.02. The Morgan fingerprint density at radius 1 is 1.62 bits per heavy atom. The van der Waals surface area contributed by atoms with Crippen molar-refractivity contribution in [2.75, 3.05) is 5.32 Å². The van der Waals surface area contributed by atoms with Crippen molar-refractivity contribution in [3.63, 3.8) is 0 Å². The first kappa shape index (κ1) is 10.1. The summed E-state index contributed by atoms with van der Waals surface area (Å²) in [5, 5.41) is 11.9. The van der Waals surface area contributed by atoms with Crippen LogP contribution >= 0.6 is 15.9 Å². The van der Waals surface area contributed by atoms with Crippen LogP contribution in [0.1, 0.15) is 13.3 Å². The molecule has 1 rings (SSSR count). The molecule has 1 unspecified atom stereocenters. The van der Waals surface area contributed by atoms with Gasteiger partial charge in [0.1, 0.15) is 6.04 Å². The van der Waals surface area contributed by atoms with Gasteiger partial charge in [0.05, 0.1) is 6.07 Å². The first-order chi connectivity index (χ1) is 6.26. The highest BCUT2D eigenvalue weighted by molar-refractivity contribution is 9.10. The molecule has 1 atom stereocenters. The second kappa shape index (κ2) is 4.88. The van der Waals surface area contributed by atoms with Crippen molar-refractivity contribution in [1.29, 1.82) is 5.26 Å². The molecule has 0 radical (unpaired) electrons. The van der Waals surface area contributed by atoms with Crippen LogP contribution in [-0.2, 0) is 0 Å². The molecule has 1 N–H and O–H groups in total. The van der Waals surface area contributed by atoms with Gasteiger partial charge >= 0.3 is 0 Å². The molecule has 68 valence electrons. The van der Waals surface area contributed by atoms with Gasteiger partial charge in [-0.15, -0.1) is 0 Å². The molecule has 1 aromatic carbocycles. The predicted molar refractivity (Wildman–Crippen MR) is 57.5 cm³/mol. The van der Waals surface area contributed by atoms with Gasteiger partial charge in [-0.3, -0.25) is 0 Å². The fourth-order valence-electron chi connectivity index (χ4n) is 1.01. The van der Waals surface area contributed by atoms with E-state index in [1.54, 1.807) is 0 Å². The molecule has 0 amide bonds. The summed E-state index contributed by atoms with van der Waals surface area (Å²) in [4.78, 5) is 0. The predicted octanol–water partition coefficient (Wildman–Crippen LogP) is 3.16. The quantitative estimate of drug-likeness (QED) is 0.879. The Morgan fingerprint density at radius 2 is 2.38 bits per heavy atom. The Hall–Kier alpha value is -1.01. The number of anilines is 1. The van der Waals surface area contributed by atoms with E-state index in [1.165, 1.54) is 0 Å². The third-order valence-electron chi connectivity index (χ3n) is 1.73. The highest BCUT2D eigenvalue weighted by atomic mass is 79.9. The Morgan fingerprint density at radius 3 is 2.92 bits per heavy atom. The molecule has 0 bridgehead atoms. The largest absolute Gasteiger partial charge is 0.370 e. The molecular weight excluding hydrogens is 228 g/mol. The first-order valence-electron chi connectivity index (χ1n) is 4.18. The summed E-state index contributed by atoms with van der Waals surface area (Å²) in [6.07, 6.45) is 0.809. The summed E-state index contributed by atoms with van der Waals surface area (Å²) in [7, 11) is 0. The van der Waals surface area contributed by atoms with E-state index >= 15 is 0 Å². The molecule has 0 aliphatic rings. The third kappa shape index (κ3) is 3.08. The van der Waals surface area contributed by atoms with Crippen LogP contribution in [0.2, 0.25) is 0 Å². The average Bonchev–Trinajstić information content (AvgIpc) is 2.14. The number of rotatable bonds is 3. The SMILES string of the molecule is CCC(C#N)Nc1cccc(Br)c1. The maximum Gasteiger partial charge on any atom is 0.114 e. The maximum absolute atomic E-state index is 8.73. The van der Waals surface area contributed by atoms with Crippen molar-refractivity contribution in [3.8, 4) is 6.07 Å². The normalized spacial score (nSPS) is 11.8. The van der Waals surface area contributed by atoms with E-state index in [0.29, 0.717) is 0 Å². The van der Waals surface area contributed by atoms with Crippen molar-refractivity contribution in [3.05, 3.63) is 28.7 Å². The van der Waals surface area contributed by atoms with Crippen LogP contribution in [0.15, 0.2) is 28.7 Å². The molecule has 2 nitrogen and oxygen atoms in total. The number of nitriles is 1. The molecule has 1 aromatic rings. The van der Waals surface area contributed by atoms with Gasteiger partial charge in [-0.25, -0.2) is 0 Å². The molecule has 0 aromatic heterocycles. The molecule has 0 saturated heterocycles. The third-order valence-corrected chi connectivity index (χ3v) is 2.22. The summed E-state index contributed by atoms with van der Waals surface area (Å²) in [6, 6.07) is 9.90. The molecule has 0 aliphatic carbocycles. The maximum atomic E-state index is 8.73. The number of hydrogen-bond donors (Lipinski definition) is 1. The van der Waals surface area contributed by atoms with E-state index in [9.17, 15) is 0 Å². The van der Waals surface area contributed by atoms with Crippen molar-refractivity contribution in [1.82, 2.24) is 0 Å². The molecule has 0 aliphatic heterocycles. The van der Waals surface area contributed by atoms with E-state index in [2.05, 4.69) is 27.3 Å². The Labute approximate surface area is 86.7 Å². The lowest BCUT2D eigenvalue weighted by molar-refractivity contribution is 0.845. The number of benzene rings is 1. The van der Waals surface area contributed by atoms with Gasteiger partial charge in [0, 0.05) is 10.2 Å². The summed E-state index contributed by atoms with van der Waals surface area (Å²) in [5.74, 6) is 0. The summed E-state index contributed by atoms with van der Waals surface area (Å²) in [6.45, 7) is 1.98. The second-order valence-electron chi connectivity index (χ2n) is 2.74. The molecule has 13 heavy (non-hydrogen) atoms. The molecule has 3 heteroatoms. The van der Waals surface area contributed by atoms with Crippen LogP contribution in [0.4, 0.5) is 5.69 Å². The topological polar surface area (TPSA) is 35.8 Å². The molecule has 0 saturated carbocycles. The van der Waals surface area contributed by atoms with E-state index in [-0.39, 0.29) is 6.04 Å². The van der Waals surface area contributed by atoms with Gasteiger partial charge in [0.25, 0.3) is 0 Å². The van der Waals surface area contributed by atoms with Crippen LogP contribution in [0.5, 0.6) is 0 Å². The van der Waals surface area contributed by atoms with Gasteiger partial charge in [-0.2, -0.15) is 5.26 Å². The van der Waals surface area contributed by atoms with E-state index in [1.807, 2.05) is 31.2 Å². The summed E-state index contributed by atoms with van der Waals surface area (Å²) in [5.41, 5.74) is 0.975. The van der Waals surface area contributed by atoms with Crippen LogP contribution < -0.4 is 5.32 Å². The van der Waals surface area contributed by atoms with Crippen LogP contribution in [0, 0.1) is 11.3 Å². The second-order valence-corrected chi connectivity index (χ2v) is 3.66. The van der Waals surface area contributed by atoms with Crippen LogP contribution in [0.3, 0.4) is 0 Å². The molecule has 0 heterocycles. The zero-order chi connectivity index (χ0) is 9.68. The molecule has 0 spiro atoms. The zero-order valence-electron chi connectivity index (χ0n) is 7.42. The van der Waals surface area contributed by atoms with Crippen molar-refractivity contribution in [2.45, 2.75) is 19.4 Å². The smallest absolute Gasteiger partial charge is 0.114 e. The van der Waals surface area contributed by atoms with Gasteiger partial charge in [0.15, 0.2) is 0 Å². The van der Waals surface area contributed by atoms with Gasteiger partial charge in [0.2, 0.25) is 0 Å². The first-order valence-corrected chi connectivity index (χ1v) is 4.97. The fourth-order valence-corrected chi connectivity index (χ4v) is 1.40. The van der Waals surface area contributed by atoms with Gasteiger partial charge in [-0.05, 0) is 24.6 Å².